The zero-order valence-corrected chi connectivity index (χ0v) is 19.6. The van der Waals surface area contributed by atoms with Crippen LogP contribution in [0.4, 0.5) is 16.5 Å². The number of para-hydroxylation sites is 2. The fourth-order valence-electron chi connectivity index (χ4n) is 3.31. The highest BCUT2D eigenvalue weighted by atomic mass is 32.1. The molecule has 0 fully saturated rings. The lowest BCUT2D eigenvalue weighted by Crippen LogP contribution is -2.25. The predicted molar refractivity (Wildman–Crippen MR) is 133 cm³/mol. The van der Waals surface area contributed by atoms with Crippen molar-refractivity contribution in [2.45, 2.75) is 13.3 Å². The number of rotatable bonds is 9. The highest BCUT2D eigenvalue weighted by Gasteiger charge is 2.20. The molecule has 3 N–H and O–H groups in total. The number of aromatic nitrogens is 3. The van der Waals surface area contributed by atoms with Crippen molar-refractivity contribution >= 4 is 50.9 Å². The van der Waals surface area contributed by atoms with E-state index in [0.717, 1.165) is 17.5 Å². The number of methoxy groups -OCH3 is 1. The van der Waals surface area contributed by atoms with E-state index >= 15 is 0 Å². The van der Waals surface area contributed by atoms with E-state index in [0.29, 0.717) is 46.5 Å². The zero-order valence-electron chi connectivity index (χ0n) is 18.8. The van der Waals surface area contributed by atoms with E-state index in [1.54, 1.807) is 44.5 Å². The summed E-state index contributed by atoms with van der Waals surface area (Å²) in [7, 11) is 1.62. The predicted octanol–water partition coefficient (Wildman–Crippen LogP) is 4.16. The third-order valence-corrected chi connectivity index (χ3v) is 5.83. The number of aryl methyl sites for hydroxylation is 1. The first-order valence-corrected chi connectivity index (χ1v) is 11.5. The van der Waals surface area contributed by atoms with Gasteiger partial charge in [0.15, 0.2) is 0 Å². The minimum atomic E-state index is -0.333. The quantitative estimate of drug-likeness (QED) is 0.311. The van der Waals surface area contributed by atoms with Crippen molar-refractivity contribution in [2.75, 3.05) is 30.9 Å². The van der Waals surface area contributed by atoms with Gasteiger partial charge >= 0.3 is 0 Å². The number of carbonyl (C=O) groups excluding carboxylic acids is 2. The average Bonchev–Trinajstić information content (AvgIpc) is 3.21. The topological polar surface area (TPSA) is 118 Å². The van der Waals surface area contributed by atoms with Gasteiger partial charge in [0.1, 0.15) is 10.8 Å². The molecule has 0 aliphatic heterocycles. The Kier molecular flexibility index (Phi) is 7.41. The second-order valence-electron chi connectivity index (χ2n) is 7.48. The van der Waals surface area contributed by atoms with Crippen molar-refractivity contribution in [3.63, 3.8) is 0 Å². The first-order valence-electron chi connectivity index (χ1n) is 10.7. The smallest absolute Gasteiger partial charge is 0.260 e. The summed E-state index contributed by atoms with van der Waals surface area (Å²) in [5, 5.41) is 9.43. The number of hydrogen-bond acceptors (Lipinski definition) is 8. The van der Waals surface area contributed by atoms with Crippen LogP contribution in [-0.4, -0.2) is 46.4 Å². The normalized spacial score (nSPS) is 10.8. The van der Waals surface area contributed by atoms with Crippen LogP contribution in [0.15, 0.2) is 54.7 Å². The Balaban J connectivity index is 1.47. The number of benzene rings is 2. The highest BCUT2D eigenvalue weighted by Crippen LogP contribution is 2.28. The summed E-state index contributed by atoms with van der Waals surface area (Å²) in [6, 6.07) is 14.4. The van der Waals surface area contributed by atoms with Gasteiger partial charge in [0.25, 0.3) is 11.8 Å². The summed E-state index contributed by atoms with van der Waals surface area (Å²) in [6.07, 6.45) is 2.34. The molecule has 0 aliphatic carbocycles. The van der Waals surface area contributed by atoms with E-state index in [1.165, 1.54) is 11.5 Å². The molecule has 0 saturated heterocycles. The lowest BCUT2D eigenvalue weighted by atomic mass is 10.1. The summed E-state index contributed by atoms with van der Waals surface area (Å²) in [5.74, 6) is -0.0264. The Hall–Kier alpha value is -3.89. The number of nitrogens with zero attached hydrogens (tertiary/aromatic N) is 3. The molecule has 2 aromatic carbocycles. The molecular weight excluding hydrogens is 452 g/mol. The van der Waals surface area contributed by atoms with Crippen molar-refractivity contribution in [1.82, 2.24) is 19.7 Å². The number of hydrogen-bond donors (Lipinski definition) is 3. The standard InChI is InChI=1S/C24H24N6O3S/c1-15-21(24(34-30-15)29-20-14-26-18-9-3-4-10-19(18)28-20)23(32)27-17-8-5-7-16(13-17)22(31)25-11-6-12-33-2/h3-5,7-10,13-14H,6,11-12H2,1-2H3,(H,25,31)(H,27,32)(H,28,29). The molecule has 0 bridgehead atoms. The van der Waals surface area contributed by atoms with Crippen LogP contribution in [0.1, 0.15) is 32.8 Å². The van der Waals surface area contributed by atoms with Crippen LogP contribution in [0, 0.1) is 6.92 Å². The van der Waals surface area contributed by atoms with E-state index in [-0.39, 0.29) is 11.8 Å². The summed E-state index contributed by atoms with van der Waals surface area (Å²) in [5.41, 5.74) is 3.50. The largest absolute Gasteiger partial charge is 0.385 e. The van der Waals surface area contributed by atoms with Crippen molar-refractivity contribution in [3.05, 3.63) is 71.5 Å². The molecule has 0 radical (unpaired) electrons. The number of fused-ring (bicyclic) bond motifs is 1. The molecule has 34 heavy (non-hydrogen) atoms. The fraction of sp³-hybridized carbons (Fsp3) is 0.208. The lowest BCUT2D eigenvalue weighted by Gasteiger charge is -2.10. The lowest BCUT2D eigenvalue weighted by molar-refractivity contribution is 0.0947. The van der Waals surface area contributed by atoms with Crippen LogP contribution >= 0.6 is 11.5 Å². The molecule has 0 atom stereocenters. The van der Waals surface area contributed by atoms with E-state index < -0.39 is 0 Å². The van der Waals surface area contributed by atoms with Crippen LogP contribution in [0.2, 0.25) is 0 Å². The van der Waals surface area contributed by atoms with Crippen LogP contribution in [0.3, 0.4) is 0 Å². The average molecular weight is 477 g/mol. The van der Waals surface area contributed by atoms with Gasteiger partial charge in [0, 0.05) is 31.5 Å². The molecule has 4 aromatic rings. The highest BCUT2D eigenvalue weighted by molar-refractivity contribution is 7.10. The third kappa shape index (κ3) is 5.53. The third-order valence-electron chi connectivity index (χ3n) is 4.97. The van der Waals surface area contributed by atoms with Crippen LogP contribution in [0.25, 0.3) is 11.0 Å². The van der Waals surface area contributed by atoms with Crippen molar-refractivity contribution in [3.8, 4) is 0 Å². The maximum Gasteiger partial charge on any atom is 0.260 e. The fourth-order valence-corrected chi connectivity index (χ4v) is 4.11. The van der Waals surface area contributed by atoms with E-state index in [9.17, 15) is 9.59 Å². The van der Waals surface area contributed by atoms with Crippen molar-refractivity contribution in [1.29, 1.82) is 0 Å². The Labute approximate surface area is 200 Å². The Morgan fingerprint density at radius 1 is 1.06 bits per heavy atom. The molecule has 9 nitrogen and oxygen atoms in total. The molecule has 0 spiro atoms. The van der Waals surface area contributed by atoms with Gasteiger partial charge in [-0.1, -0.05) is 18.2 Å². The number of ether oxygens (including phenoxy) is 1. The Bertz CT molecular complexity index is 1320. The Morgan fingerprint density at radius 2 is 1.88 bits per heavy atom. The van der Waals surface area contributed by atoms with Crippen LogP contribution in [-0.2, 0) is 4.74 Å². The van der Waals surface area contributed by atoms with E-state index in [2.05, 4.69) is 30.3 Å². The van der Waals surface area contributed by atoms with Gasteiger partial charge in [-0.2, -0.15) is 4.37 Å². The van der Waals surface area contributed by atoms with Gasteiger partial charge in [-0.3, -0.25) is 14.6 Å². The molecule has 2 aromatic heterocycles. The minimum Gasteiger partial charge on any atom is -0.385 e. The molecule has 0 unspecified atom stereocenters. The van der Waals surface area contributed by atoms with Crippen LogP contribution < -0.4 is 16.0 Å². The van der Waals surface area contributed by atoms with Crippen molar-refractivity contribution < 1.29 is 14.3 Å². The molecule has 2 heterocycles. The molecule has 0 saturated carbocycles. The second-order valence-corrected chi connectivity index (χ2v) is 8.25. The molecule has 4 rings (SSSR count). The molecule has 0 aliphatic rings. The number of anilines is 3. The van der Waals surface area contributed by atoms with E-state index in [1.807, 2.05) is 24.3 Å². The Morgan fingerprint density at radius 3 is 2.71 bits per heavy atom. The maximum atomic E-state index is 13.1. The van der Waals surface area contributed by atoms with Gasteiger partial charge in [-0.15, -0.1) is 0 Å². The first-order chi connectivity index (χ1) is 16.5. The first kappa shape index (κ1) is 23.3. The van der Waals surface area contributed by atoms with E-state index in [4.69, 9.17) is 4.74 Å². The number of nitrogens with one attached hydrogen (secondary N) is 3. The zero-order chi connectivity index (χ0) is 23.9. The monoisotopic (exact) mass is 476 g/mol. The van der Waals surface area contributed by atoms with Gasteiger partial charge < -0.3 is 20.7 Å². The summed E-state index contributed by atoms with van der Waals surface area (Å²) >= 11 is 1.17. The maximum absolute atomic E-state index is 13.1. The summed E-state index contributed by atoms with van der Waals surface area (Å²) < 4.78 is 9.32. The minimum absolute atomic E-state index is 0.210. The summed E-state index contributed by atoms with van der Waals surface area (Å²) in [6.45, 7) is 2.85. The molecule has 10 heteroatoms. The summed E-state index contributed by atoms with van der Waals surface area (Å²) in [4.78, 5) is 34.4. The van der Waals surface area contributed by atoms with Gasteiger partial charge in [-0.05, 0) is 55.2 Å². The molecule has 174 valence electrons. The van der Waals surface area contributed by atoms with Crippen molar-refractivity contribution in [2.24, 2.45) is 0 Å². The number of amides is 2. The van der Waals surface area contributed by atoms with Crippen LogP contribution in [0.5, 0.6) is 0 Å². The SMILES string of the molecule is COCCCNC(=O)c1cccc(NC(=O)c2c(C)nsc2Nc2cnc3ccccc3n2)c1. The van der Waals surface area contributed by atoms with Gasteiger partial charge in [0.2, 0.25) is 0 Å². The number of carbonyl (C=O) groups is 2. The molecule has 2 amide bonds. The molecular formula is C24H24N6O3S. The van der Waals surface area contributed by atoms with Gasteiger partial charge in [0.05, 0.1) is 28.5 Å². The second kappa shape index (κ2) is 10.8. The van der Waals surface area contributed by atoms with Gasteiger partial charge in [-0.25, -0.2) is 4.98 Å².